The Morgan fingerprint density at radius 3 is 2.17 bits per heavy atom. The highest BCUT2D eigenvalue weighted by atomic mass is 16.5. The quantitative estimate of drug-likeness (QED) is 0.397. The zero-order valence-electron chi connectivity index (χ0n) is 16.4. The van der Waals surface area contributed by atoms with E-state index in [9.17, 15) is 14.4 Å². The second-order valence-electron chi connectivity index (χ2n) is 6.34. The number of anilines is 1. The zero-order chi connectivity index (χ0) is 21.0. The average Bonchev–Trinajstić information content (AvgIpc) is 2.96. The molecule has 0 saturated carbocycles. The number of ether oxygens (including phenoxy) is 1. The molecule has 1 aromatic heterocycles. The number of para-hydroxylation sites is 1. The van der Waals surface area contributed by atoms with Crippen LogP contribution in [0.25, 0.3) is 5.69 Å². The summed E-state index contributed by atoms with van der Waals surface area (Å²) in [6.45, 7) is 1.75. The van der Waals surface area contributed by atoms with Crippen molar-refractivity contribution in [1.29, 1.82) is 0 Å². The first-order chi connectivity index (χ1) is 13.9. The highest BCUT2D eigenvalue weighted by Gasteiger charge is 2.21. The Kier molecular flexibility index (Phi) is 5.78. The molecular weight excluding hydrogens is 370 g/mol. The van der Waals surface area contributed by atoms with Gasteiger partial charge in [-0.25, -0.2) is 9.48 Å². The fourth-order valence-corrected chi connectivity index (χ4v) is 2.92. The predicted octanol–water partition coefficient (Wildman–Crippen LogP) is 2.84. The van der Waals surface area contributed by atoms with Crippen LogP contribution in [-0.4, -0.2) is 28.2 Å². The Morgan fingerprint density at radius 2 is 1.59 bits per heavy atom. The number of hydrogen-bond donors (Lipinski definition) is 1. The number of allylic oxidation sites excluding steroid dienone is 1. The van der Waals surface area contributed by atoms with Gasteiger partial charge in [-0.2, -0.15) is 0 Å². The van der Waals surface area contributed by atoms with Crippen LogP contribution in [0.15, 0.2) is 77.2 Å². The molecule has 3 aromatic rings. The Labute approximate surface area is 167 Å². The van der Waals surface area contributed by atoms with Gasteiger partial charge in [0.25, 0.3) is 5.56 Å². The summed E-state index contributed by atoms with van der Waals surface area (Å²) in [4.78, 5) is 37.8. The van der Waals surface area contributed by atoms with Crippen LogP contribution in [0.3, 0.4) is 0 Å². The van der Waals surface area contributed by atoms with Gasteiger partial charge in [0, 0.05) is 18.7 Å². The number of methoxy groups -OCH3 is 1. The van der Waals surface area contributed by atoms with E-state index in [-0.39, 0.29) is 22.7 Å². The van der Waals surface area contributed by atoms with E-state index in [2.05, 4.69) is 5.32 Å². The molecule has 3 rings (SSSR count). The lowest BCUT2D eigenvalue weighted by Gasteiger charge is -2.08. The van der Waals surface area contributed by atoms with Crippen LogP contribution in [0.2, 0.25) is 0 Å². The lowest BCUT2D eigenvalue weighted by atomic mass is 10.1. The second kappa shape index (κ2) is 8.43. The fraction of sp³-hybridized carbons (Fsp3) is 0.136. The summed E-state index contributed by atoms with van der Waals surface area (Å²) in [6, 6.07) is 17.7. The number of benzene rings is 2. The van der Waals surface area contributed by atoms with Crippen molar-refractivity contribution in [3.8, 4) is 5.69 Å². The maximum absolute atomic E-state index is 13.0. The van der Waals surface area contributed by atoms with Gasteiger partial charge in [-0.3, -0.25) is 14.3 Å². The van der Waals surface area contributed by atoms with E-state index in [1.165, 1.54) is 11.8 Å². The fourth-order valence-electron chi connectivity index (χ4n) is 2.92. The van der Waals surface area contributed by atoms with Gasteiger partial charge in [-0.15, -0.1) is 0 Å². The van der Waals surface area contributed by atoms with E-state index in [0.717, 1.165) is 6.08 Å². The number of rotatable bonds is 6. The van der Waals surface area contributed by atoms with Crippen molar-refractivity contribution in [2.75, 3.05) is 12.4 Å². The molecule has 0 bridgehead atoms. The molecule has 29 heavy (non-hydrogen) atoms. The van der Waals surface area contributed by atoms with Gasteiger partial charge < -0.3 is 10.1 Å². The number of aromatic nitrogens is 2. The maximum atomic E-state index is 13.0. The minimum absolute atomic E-state index is 0.118. The van der Waals surface area contributed by atoms with Crippen molar-refractivity contribution < 1.29 is 14.3 Å². The van der Waals surface area contributed by atoms with E-state index in [1.807, 2.05) is 18.2 Å². The van der Waals surface area contributed by atoms with Crippen LogP contribution in [0.4, 0.5) is 5.69 Å². The van der Waals surface area contributed by atoms with Gasteiger partial charge in [-0.1, -0.05) is 48.5 Å². The summed E-state index contributed by atoms with van der Waals surface area (Å²) in [5.41, 5.74) is 1.42. The first kappa shape index (κ1) is 19.9. The van der Waals surface area contributed by atoms with Gasteiger partial charge >= 0.3 is 5.97 Å². The summed E-state index contributed by atoms with van der Waals surface area (Å²) < 4.78 is 7.94. The molecule has 0 atom stereocenters. The molecule has 0 fully saturated rings. The Bertz CT molecular complexity index is 1130. The zero-order valence-corrected chi connectivity index (χ0v) is 16.4. The number of esters is 1. The molecule has 0 spiro atoms. The SMILES string of the molecule is COC(=O)C(=CC(=O)c1ccccc1)Nc1c(C)n(C)n(-c2ccccc2)c1=O. The number of ketones is 1. The second-order valence-corrected chi connectivity index (χ2v) is 6.34. The van der Waals surface area contributed by atoms with Gasteiger partial charge in [0.2, 0.25) is 0 Å². The predicted molar refractivity (Wildman–Crippen MR) is 110 cm³/mol. The lowest BCUT2D eigenvalue weighted by molar-refractivity contribution is -0.135. The normalized spacial score (nSPS) is 11.2. The molecule has 7 nitrogen and oxygen atoms in total. The van der Waals surface area contributed by atoms with Crippen molar-refractivity contribution in [1.82, 2.24) is 9.36 Å². The molecule has 0 saturated heterocycles. The molecule has 1 N–H and O–H groups in total. The first-order valence-electron chi connectivity index (χ1n) is 8.94. The van der Waals surface area contributed by atoms with Crippen molar-refractivity contribution in [2.45, 2.75) is 6.92 Å². The van der Waals surface area contributed by atoms with Crippen LogP contribution >= 0.6 is 0 Å². The van der Waals surface area contributed by atoms with Crippen LogP contribution < -0.4 is 10.9 Å². The van der Waals surface area contributed by atoms with Crippen LogP contribution in [0, 0.1) is 6.92 Å². The molecule has 0 unspecified atom stereocenters. The van der Waals surface area contributed by atoms with E-state index in [1.54, 1.807) is 61.1 Å². The van der Waals surface area contributed by atoms with Gasteiger partial charge in [0.15, 0.2) is 5.78 Å². The molecule has 148 valence electrons. The standard InChI is InChI=1S/C22H21N3O4/c1-15-20(21(27)25(24(15)2)17-12-8-5-9-13-17)23-18(22(28)29-3)14-19(26)16-10-6-4-7-11-16/h4-14,23H,1-3H3. The molecular formula is C22H21N3O4. The minimum Gasteiger partial charge on any atom is -0.464 e. The summed E-state index contributed by atoms with van der Waals surface area (Å²) in [6.07, 6.45) is 1.14. The Hall–Kier alpha value is -3.87. The highest BCUT2D eigenvalue weighted by Crippen LogP contribution is 2.17. The van der Waals surface area contributed by atoms with Crippen molar-refractivity contribution in [3.63, 3.8) is 0 Å². The van der Waals surface area contributed by atoms with Crippen LogP contribution in [0.1, 0.15) is 16.1 Å². The average molecular weight is 391 g/mol. The van der Waals surface area contributed by atoms with Gasteiger partial charge in [-0.05, 0) is 19.1 Å². The summed E-state index contributed by atoms with van der Waals surface area (Å²) in [7, 11) is 2.95. The minimum atomic E-state index is -0.747. The van der Waals surface area contributed by atoms with E-state index in [0.29, 0.717) is 16.9 Å². The number of nitrogens with one attached hydrogen (secondary N) is 1. The molecule has 0 aliphatic carbocycles. The molecule has 0 aliphatic heterocycles. The molecule has 0 aliphatic rings. The maximum Gasteiger partial charge on any atom is 0.354 e. The summed E-state index contributed by atoms with van der Waals surface area (Å²) in [5, 5.41) is 2.81. The molecule has 2 aromatic carbocycles. The van der Waals surface area contributed by atoms with Gasteiger partial charge in [0.1, 0.15) is 11.4 Å². The van der Waals surface area contributed by atoms with E-state index < -0.39 is 5.97 Å². The Balaban J connectivity index is 2.03. The van der Waals surface area contributed by atoms with E-state index >= 15 is 0 Å². The third-order valence-electron chi connectivity index (χ3n) is 4.55. The van der Waals surface area contributed by atoms with Crippen LogP contribution in [0.5, 0.6) is 0 Å². The van der Waals surface area contributed by atoms with Crippen molar-refractivity contribution in [3.05, 3.63) is 94.0 Å². The number of carbonyl (C=O) groups is 2. The number of hydrogen-bond acceptors (Lipinski definition) is 5. The monoisotopic (exact) mass is 391 g/mol. The molecule has 0 radical (unpaired) electrons. The summed E-state index contributed by atoms with van der Waals surface area (Å²) >= 11 is 0. The van der Waals surface area contributed by atoms with Crippen molar-refractivity contribution in [2.24, 2.45) is 7.05 Å². The van der Waals surface area contributed by atoms with E-state index in [4.69, 9.17) is 4.74 Å². The Morgan fingerprint density at radius 1 is 1.00 bits per heavy atom. The molecule has 7 heteroatoms. The lowest BCUT2D eigenvalue weighted by Crippen LogP contribution is -2.22. The topological polar surface area (TPSA) is 82.3 Å². The smallest absolute Gasteiger partial charge is 0.354 e. The highest BCUT2D eigenvalue weighted by molar-refractivity contribution is 6.09. The largest absolute Gasteiger partial charge is 0.464 e. The molecule has 1 heterocycles. The third-order valence-corrected chi connectivity index (χ3v) is 4.55. The third kappa shape index (κ3) is 4.03. The van der Waals surface area contributed by atoms with Gasteiger partial charge in [0.05, 0.1) is 18.5 Å². The number of carbonyl (C=O) groups excluding carboxylic acids is 2. The number of nitrogens with zero attached hydrogens (tertiary/aromatic N) is 2. The summed E-state index contributed by atoms with van der Waals surface area (Å²) in [5.74, 6) is -1.13. The van der Waals surface area contributed by atoms with Crippen LogP contribution in [-0.2, 0) is 16.6 Å². The first-order valence-corrected chi connectivity index (χ1v) is 8.94. The van der Waals surface area contributed by atoms with Crippen molar-refractivity contribution >= 4 is 17.4 Å². The molecule has 0 amide bonds.